The Morgan fingerprint density at radius 3 is 2.90 bits per heavy atom. The van der Waals surface area contributed by atoms with E-state index >= 15 is 0 Å². The maximum atomic E-state index is 12.4. The van der Waals surface area contributed by atoms with E-state index in [9.17, 15) is 4.79 Å². The maximum Gasteiger partial charge on any atom is 0.253 e. The molecule has 1 saturated carbocycles. The van der Waals surface area contributed by atoms with Gasteiger partial charge in [0.05, 0.1) is 11.1 Å². The third kappa shape index (κ3) is 2.38. The number of hydrogen-bond donors (Lipinski definition) is 1. The highest BCUT2D eigenvalue weighted by molar-refractivity contribution is 5.94. The maximum absolute atomic E-state index is 12.4. The first kappa shape index (κ1) is 13.1. The Morgan fingerprint density at radius 1 is 1.45 bits per heavy atom. The number of fused-ring (bicyclic) bond motifs is 1. The van der Waals surface area contributed by atoms with Gasteiger partial charge in [-0.3, -0.25) is 9.20 Å². The van der Waals surface area contributed by atoms with Crippen molar-refractivity contribution in [1.82, 2.24) is 24.8 Å². The molecule has 1 aliphatic rings. The van der Waals surface area contributed by atoms with Crippen molar-refractivity contribution in [2.75, 3.05) is 20.6 Å². The van der Waals surface area contributed by atoms with Crippen LogP contribution in [0.1, 0.15) is 29.6 Å². The number of nitrogens with zero attached hydrogens (tertiary/aromatic N) is 4. The summed E-state index contributed by atoms with van der Waals surface area (Å²) in [7, 11) is 4.07. The highest BCUT2D eigenvalue weighted by Gasteiger charge is 2.38. The number of rotatable bonds is 4. The first-order valence-electron chi connectivity index (χ1n) is 6.85. The first-order chi connectivity index (χ1) is 9.58. The molecule has 0 aliphatic heterocycles. The minimum atomic E-state index is -0.0667. The van der Waals surface area contributed by atoms with Crippen LogP contribution in [-0.4, -0.2) is 51.6 Å². The fourth-order valence-electron chi connectivity index (χ4n) is 2.81. The van der Waals surface area contributed by atoms with Crippen LogP contribution in [0.25, 0.3) is 5.65 Å². The van der Waals surface area contributed by atoms with E-state index in [0.717, 1.165) is 25.0 Å². The molecule has 0 aromatic carbocycles. The van der Waals surface area contributed by atoms with Crippen LogP contribution in [0, 0.1) is 0 Å². The molecule has 20 heavy (non-hydrogen) atoms. The van der Waals surface area contributed by atoms with Gasteiger partial charge in [0.25, 0.3) is 5.91 Å². The Bertz CT molecular complexity index is 629. The number of pyridine rings is 1. The van der Waals surface area contributed by atoms with Gasteiger partial charge in [0.15, 0.2) is 5.65 Å². The normalized spacial score (nSPS) is 17.1. The van der Waals surface area contributed by atoms with E-state index in [1.807, 2.05) is 14.1 Å². The lowest BCUT2D eigenvalue weighted by Gasteiger charge is -2.44. The lowest BCUT2D eigenvalue weighted by molar-refractivity contribution is 0.0772. The van der Waals surface area contributed by atoms with E-state index in [-0.39, 0.29) is 11.4 Å². The van der Waals surface area contributed by atoms with Gasteiger partial charge in [0.2, 0.25) is 0 Å². The number of carbonyl (C=O) groups excluding carboxylic acids is 1. The lowest BCUT2D eigenvalue weighted by Crippen LogP contribution is -2.58. The smallest absolute Gasteiger partial charge is 0.253 e. The van der Waals surface area contributed by atoms with Crippen molar-refractivity contribution in [2.24, 2.45) is 0 Å². The third-order valence-electron chi connectivity index (χ3n) is 3.86. The highest BCUT2D eigenvalue weighted by Crippen LogP contribution is 2.32. The molecule has 6 nitrogen and oxygen atoms in total. The second-order valence-electron chi connectivity index (χ2n) is 5.84. The average Bonchev–Trinajstić information content (AvgIpc) is 2.82. The van der Waals surface area contributed by atoms with E-state index in [4.69, 9.17) is 0 Å². The molecule has 0 bridgehead atoms. The van der Waals surface area contributed by atoms with Crippen LogP contribution < -0.4 is 5.32 Å². The molecule has 2 heterocycles. The SMILES string of the molecule is CN(C)CC1(NC(=O)c2ccc3nncn3c2)CCC1. The Hall–Kier alpha value is -1.95. The van der Waals surface area contributed by atoms with Gasteiger partial charge in [-0.1, -0.05) is 0 Å². The zero-order valence-electron chi connectivity index (χ0n) is 11.8. The molecule has 6 heteroatoms. The molecule has 0 atom stereocenters. The Labute approximate surface area is 117 Å². The number of aromatic nitrogens is 3. The largest absolute Gasteiger partial charge is 0.345 e. The third-order valence-corrected chi connectivity index (χ3v) is 3.86. The van der Waals surface area contributed by atoms with Crippen LogP contribution in [0.5, 0.6) is 0 Å². The highest BCUT2D eigenvalue weighted by atomic mass is 16.1. The molecule has 106 valence electrons. The second-order valence-corrected chi connectivity index (χ2v) is 5.84. The van der Waals surface area contributed by atoms with E-state index in [0.29, 0.717) is 5.56 Å². The number of likely N-dealkylation sites (N-methyl/N-ethyl adjacent to an activating group) is 1. The van der Waals surface area contributed by atoms with E-state index in [1.54, 1.807) is 29.1 Å². The minimum absolute atomic E-state index is 0.0258. The molecule has 1 N–H and O–H groups in total. The Morgan fingerprint density at radius 2 is 2.25 bits per heavy atom. The molecule has 0 spiro atoms. The van der Waals surface area contributed by atoms with Crippen molar-refractivity contribution in [3.63, 3.8) is 0 Å². The zero-order valence-corrected chi connectivity index (χ0v) is 11.8. The lowest BCUT2D eigenvalue weighted by atomic mass is 9.76. The molecule has 1 amide bonds. The van der Waals surface area contributed by atoms with E-state index < -0.39 is 0 Å². The van der Waals surface area contributed by atoms with Gasteiger partial charge in [-0.2, -0.15) is 0 Å². The molecule has 0 unspecified atom stereocenters. The molecule has 0 radical (unpaired) electrons. The summed E-state index contributed by atoms with van der Waals surface area (Å²) >= 11 is 0. The number of hydrogen-bond acceptors (Lipinski definition) is 4. The van der Waals surface area contributed by atoms with Crippen LogP contribution >= 0.6 is 0 Å². The standard InChI is InChI=1S/C14H19N5O/c1-18(2)9-14(6-3-7-14)16-13(20)11-4-5-12-17-15-10-19(12)8-11/h4-5,8,10H,3,6-7,9H2,1-2H3,(H,16,20). The molecule has 0 saturated heterocycles. The Balaban J connectivity index is 1.77. The second kappa shape index (κ2) is 4.86. The van der Waals surface area contributed by atoms with Crippen molar-refractivity contribution < 1.29 is 4.79 Å². The minimum Gasteiger partial charge on any atom is -0.345 e. The topological polar surface area (TPSA) is 62.5 Å². The predicted octanol–water partition coefficient (Wildman–Crippen LogP) is 0.943. The molecular weight excluding hydrogens is 254 g/mol. The van der Waals surface area contributed by atoms with Crippen LogP contribution in [0.3, 0.4) is 0 Å². The van der Waals surface area contributed by atoms with Crippen molar-refractivity contribution >= 4 is 11.6 Å². The molecule has 1 aliphatic carbocycles. The van der Waals surface area contributed by atoms with Crippen LogP contribution in [-0.2, 0) is 0 Å². The number of carbonyl (C=O) groups is 1. The molecule has 2 aromatic rings. The predicted molar refractivity (Wildman–Crippen MR) is 75.6 cm³/mol. The van der Waals surface area contributed by atoms with Crippen LogP contribution in [0.4, 0.5) is 0 Å². The van der Waals surface area contributed by atoms with Crippen molar-refractivity contribution in [3.05, 3.63) is 30.2 Å². The van der Waals surface area contributed by atoms with Gasteiger partial charge >= 0.3 is 0 Å². The first-order valence-corrected chi connectivity index (χ1v) is 6.85. The summed E-state index contributed by atoms with van der Waals surface area (Å²) in [6, 6.07) is 3.60. The molecular formula is C14H19N5O. The summed E-state index contributed by atoms with van der Waals surface area (Å²) in [6.07, 6.45) is 6.65. The quantitative estimate of drug-likeness (QED) is 0.900. The summed E-state index contributed by atoms with van der Waals surface area (Å²) in [4.78, 5) is 14.5. The van der Waals surface area contributed by atoms with Gasteiger partial charge in [0.1, 0.15) is 6.33 Å². The van der Waals surface area contributed by atoms with Crippen molar-refractivity contribution in [3.8, 4) is 0 Å². The van der Waals surface area contributed by atoms with Crippen LogP contribution in [0.2, 0.25) is 0 Å². The summed E-state index contributed by atoms with van der Waals surface area (Å²) in [5, 5.41) is 11.0. The number of amides is 1. The molecule has 1 fully saturated rings. The Kier molecular flexibility index (Phi) is 3.17. The summed E-state index contributed by atoms with van der Waals surface area (Å²) in [6.45, 7) is 0.883. The van der Waals surface area contributed by atoms with Crippen LogP contribution in [0.15, 0.2) is 24.7 Å². The van der Waals surface area contributed by atoms with Gasteiger partial charge in [-0.15, -0.1) is 10.2 Å². The van der Waals surface area contributed by atoms with E-state index in [2.05, 4.69) is 20.4 Å². The van der Waals surface area contributed by atoms with E-state index in [1.165, 1.54) is 6.42 Å². The molecule has 3 rings (SSSR count). The van der Waals surface area contributed by atoms with Crippen molar-refractivity contribution in [2.45, 2.75) is 24.8 Å². The van der Waals surface area contributed by atoms with Gasteiger partial charge in [0, 0.05) is 12.7 Å². The summed E-state index contributed by atoms with van der Waals surface area (Å²) in [5.41, 5.74) is 1.32. The van der Waals surface area contributed by atoms with Gasteiger partial charge in [-0.05, 0) is 45.5 Å². The fraction of sp³-hybridized carbons (Fsp3) is 0.500. The molecule has 2 aromatic heterocycles. The summed E-state index contributed by atoms with van der Waals surface area (Å²) in [5.74, 6) is -0.0258. The van der Waals surface area contributed by atoms with Crippen molar-refractivity contribution in [1.29, 1.82) is 0 Å². The zero-order chi connectivity index (χ0) is 14.2. The van der Waals surface area contributed by atoms with Gasteiger partial charge < -0.3 is 10.2 Å². The monoisotopic (exact) mass is 273 g/mol. The fourth-order valence-corrected chi connectivity index (χ4v) is 2.81. The number of nitrogens with one attached hydrogen (secondary N) is 1. The van der Waals surface area contributed by atoms with Gasteiger partial charge in [-0.25, -0.2) is 0 Å². The average molecular weight is 273 g/mol. The summed E-state index contributed by atoms with van der Waals surface area (Å²) < 4.78 is 1.76.